The Morgan fingerprint density at radius 3 is 2.44 bits per heavy atom. The minimum Gasteiger partial charge on any atom is -0.493 e. The van der Waals surface area contributed by atoms with Crippen LogP contribution in [-0.4, -0.2) is 25.6 Å². The van der Waals surface area contributed by atoms with E-state index in [0.717, 1.165) is 16.0 Å². The van der Waals surface area contributed by atoms with E-state index < -0.39 is 11.9 Å². The van der Waals surface area contributed by atoms with E-state index in [1.807, 2.05) is 44.2 Å². The highest BCUT2D eigenvalue weighted by molar-refractivity contribution is 7.16. The Hall–Kier alpha value is -4.09. The number of rotatable bonds is 9. The van der Waals surface area contributed by atoms with Crippen molar-refractivity contribution in [3.8, 4) is 17.6 Å². The van der Waals surface area contributed by atoms with E-state index in [2.05, 4.69) is 5.32 Å². The van der Waals surface area contributed by atoms with Gasteiger partial charge in [-0.05, 0) is 62.6 Å². The van der Waals surface area contributed by atoms with Gasteiger partial charge in [-0.15, -0.1) is 11.3 Å². The number of thiophene rings is 1. The number of nitrogens with one attached hydrogen (secondary N) is 1. The minimum atomic E-state index is -0.622. The van der Waals surface area contributed by atoms with Crippen molar-refractivity contribution in [2.45, 2.75) is 34.3 Å². The van der Waals surface area contributed by atoms with Crippen LogP contribution >= 0.6 is 11.3 Å². The van der Waals surface area contributed by atoms with Crippen LogP contribution in [0.4, 0.5) is 5.00 Å². The first-order chi connectivity index (χ1) is 17.3. The highest BCUT2D eigenvalue weighted by Gasteiger charge is 2.23. The van der Waals surface area contributed by atoms with Gasteiger partial charge in [-0.1, -0.05) is 35.9 Å². The Labute approximate surface area is 214 Å². The average Bonchev–Trinajstić information content (AvgIpc) is 3.14. The molecule has 0 fully saturated rings. The normalized spacial score (nSPS) is 10.9. The molecule has 0 saturated carbocycles. The Bertz CT molecular complexity index is 1330. The maximum absolute atomic E-state index is 12.9. The van der Waals surface area contributed by atoms with Gasteiger partial charge in [0.2, 0.25) is 0 Å². The molecule has 3 aromatic rings. The number of carbonyl (C=O) groups excluding carboxylic acids is 2. The van der Waals surface area contributed by atoms with Crippen LogP contribution in [0.3, 0.4) is 0 Å². The summed E-state index contributed by atoms with van der Waals surface area (Å²) in [6.45, 7) is 7.99. The lowest BCUT2D eigenvalue weighted by molar-refractivity contribution is -0.112. The van der Waals surface area contributed by atoms with Crippen molar-refractivity contribution >= 4 is 34.3 Å². The molecule has 0 aliphatic rings. The number of hydrogen-bond acceptors (Lipinski definition) is 7. The van der Waals surface area contributed by atoms with E-state index in [1.165, 1.54) is 30.1 Å². The van der Waals surface area contributed by atoms with E-state index in [1.54, 1.807) is 32.0 Å². The average molecular weight is 505 g/mol. The maximum atomic E-state index is 12.9. The first kappa shape index (κ1) is 26.5. The number of benzene rings is 2. The molecule has 1 aromatic heterocycles. The summed E-state index contributed by atoms with van der Waals surface area (Å²) >= 11 is 1.26. The Kier molecular flexibility index (Phi) is 8.87. The van der Waals surface area contributed by atoms with Gasteiger partial charge in [0.1, 0.15) is 23.3 Å². The fourth-order valence-electron chi connectivity index (χ4n) is 3.39. The number of carbonyl (C=O) groups is 2. The monoisotopic (exact) mass is 504 g/mol. The summed E-state index contributed by atoms with van der Waals surface area (Å²) in [6, 6.07) is 15.1. The molecule has 1 N–H and O–H groups in total. The molecule has 2 aromatic carbocycles. The van der Waals surface area contributed by atoms with Gasteiger partial charge in [0.05, 0.1) is 19.3 Å². The number of amides is 1. The van der Waals surface area contributed by atoms with Gasteiger partial charge in [0.15, 0.2) is 11.5 Å². The fraction of sp³-hybridized carbons (Fsp3) is 0.250. The Morgan fingerprint density at radius 1 is 1.08 bits per heavy atom. The zero-order valence-corrected chi connectivity index (χ0v) is 21.7. The van der Waals surface area contributed by atoms with Crippen LogP contribution in [0, 0.1) is 32.1 Å². The summed E-state index contributed by atoms with van der Waals surface area (Å²) in [6.07, 6.45) is 1.46. The third-order valence-corrected chi connectivity index (χ3v) is 6.59. The first-order valence-corrected chi connectivity index (χ1v) is 12.2. The van der Waals surface area contributed by atoms with Gasteiger partial charge in [0.25, 0.3) is 5.91 Å². The van der Waals surface area contributed by atoms with Crippen molar-refractivity contribution in [2.75, 3.05) is 19.0 Å². The topological polar surface area (TPSA) is 97.7 Å². The number of nitrogens with zero attached hydrogens (tertiary/aromatic N) is 1. The predicted octanol–water partition coefficient (Wildman–Crippen LogP) is 5.98. The van der Waals surface area contributed by atoms with Gasteiger partial charge < -0.3 is 19.5 Å². The van der Waals surface area contributed by atoms with Gasteiger partial charge in [-0.2, -0.15) is 5.26 Å². The summed E-state index contributed by atoms with van der Waals surface area (Å²) in [5.74, 6) is -0.115. The molecule has 8 heteroatoms. The molecule has 0 bridgehead atoms. The SMILES string of the molecule is CCOC(=O)c1c(NC(=O)/C(C#N)=C/c2ccc(OCc3ccc(C)cc3)c(OC)c2)sc(C)c1C. The van der Waals surface area contributed by atoms with Crippen molar-refractivity contribution in [1.29, 1.82) is 5.26 Å². The van der Waals surface area contributed by atoms with Gasteiger partial charge in [-0.25, -0.2) is 4.79 Å². The van der Waals surface area contributed by atoms with E-state index in [4.69, 9.17) is 14.2 Å². The van der Waals surface area contributed by atoms with Crippen molar-refractivity contribution < 1.29 is 23.8 Å². The molecule has 7 nitrogen and oxygen atoms in total. The molecule has 0 aliphatic heterocycles. The van der Waals surface area contributed by atoms with Crippen LogP contribution in [0.2, 0.25) is 0 Å². The molecule has 3 rings (SSSR count). The summed E-state index contributed by atoms with van der Waals surface area (Å²) in [7, 11) is 1.53. The molecule has 0 spiro atoms. The number of aryl methyl sites for hydroxylation is 2. The molecular formula is C28H28N2O5S. The quantitative estimate of drug-likeness (QED) is 0.219. The number of hydrogen-bond donors (Lipinski definition) is 1. The summed E-state index contributed by atoms with van der Waals surface area (Å²) in [5, 5.41) is 12.7. The van der Waals surface area contributed by atoms with E-state index in [-0.39, 0.29) is 12.2 Å². The molecule has 36 heavy (non-hydrogen) atoms. The Balaban J connectivity index is 1.80. The predicted molar refractivity (Wildman–Crippen MR) is 140 cm³/mol. The van der Waals surface area contributed by atoms with Crippen LogP contribution < -0.4 is 14.8 Å². The van der Waals surface area contributed by atoms with Crippen molar-refractivity contribution in [1.82, 2.24) is 0 Å². The van der Waals surface area contributed by atoms with Crippen LogP contribution in [-0.2, 0) is 16.1 Å². The largest absolute Gasteiger partial charge is 0.493 e. The van der Waals surface area contributed by atoms with Crippen molar-refractivity contribution in [2.24, 2.45) is 0 Å². The fourth-order valence-corrected chi connectivity index (χ4v) is 4.43. The lowest BCUT2D eigenvalue weighted by Crippen LogP contribution is -2.16. The van der Waals surface area contributed by atoms with E-state index in [9.17, 15) is 14.9 Å². The second-order valence-corrected chi connectivity index (χ2v) is 9.24. The van der Waals surface area contributed by atoms with Gasteiger partial charge >= 0.3 is 5.97 Å². The smallest absolute Gasteiger partial charge is 0.341 e. The van der Waals surface area contributed by atoms with Crippen molar-refractivity contribution in [3.63, 3.8) is 0 Å². The summed E-state index contributed by atoms with van der Waals surface area (Å²) < 4.78 is 16.5. The zero-order valence-electron chi connectivity index (χ0n) is 20.9. The van der Waals surface area contributed by atoms with Crippen LogP contribution in [0.15, 0.2) is 48.0 Å². The maximum Gasteiger partial charge on any atom is 0.341 e. The lowest BCUT2D eigenvalue weighted by atomic mass is 10.1. The number of esters is 1. The second-order valence-electron chi connectivity index (χ2n) is 8.02. The lowest BCUT2D eigenvalue weighted by Gasteiger charge is -2.12. The van der Waals surface area contributed by atoms with Gasteiger partial charge in [0, 0.05) is 4.88 Å². The molecule has 1 heterocycles. The summed E-state index contributed by atoms with van der Waals surface area (Å²) in [5.41, 5.74) is 3.71. The molecule has 0 atom stereocenters. The highest BCUT2D eigenvalue weighted by Crippen LogP contribution is 2.34. The van der Waals surface area contributed by atoms with Gasteiger partial charge in [-0.3, -0.25) is 4.79 Å². The number of methoxy groups -OCH3 is 1. The Morgan fingerprint density at radius 2 is 1.81 bits per heavy atom. The number of nitriles is 1. The first-order valence-electron chi connectivity index (χ1n) is 11.3. The standard InChI is InChI=1S/C28H28N2O5S/c1-6-34-28(32)25-18(3)19(4)36-27(25)30-26(31)22(15-29)13-21-11-12-23(24(14-21)33-5)35-16-20-9-7-17(2)8-10-20/h7-14H,6,16H2,1-5H3,(H,30,31)/b22-13+. The molecule has 0 aliphatic carbocycles. The van der Waals surface area contributed by atoms with Crippen LogP contribution in [0.25, 0.3) is 6.08 Å². The summed E-state index contributed by atoms with van der Waals surface area (Å²) in [4.78, 5) is 26.2. The third kappa shape index (κ3) is 6.32. The molecule has 1 amide bonds. The molecular weight excluding hydrogens is 476 g/mol. The molecule has 186 valence electrons. The van der Waals surface area contributed by atoms with Crippen molar-refractivity contribution in [3.05, 3.63) is 80.7 Å². The molecule has 0 unspecified atom stereocenters. The van der Waals surface area contributed by atoms with E-state index in [0.29, 0.717) is 34.2 Å². The minimum absolute atomic E-state index is 0.121. The van der Waals surface area contributed by atoms with E-state index >= 15 is 0 Å². The molecule has 0 radical (unpaired) electrons. The van der Waals surface area contributed by atoms with Crippen LogP contribution in [0.1, 0.15) is 44.4 Å². The zero-order chi connectivity index (χ0) is 26.2. The number of anilines is 1. The number of ether oxygens (including phenoxy) is 3. The van der Waals surface area contributed by atoms with Crippen LogP contribution in [0.5, 0.6) is 11.5 Å². The molecule has 0 saturated heterocycles. The highest BCUT2D eigenvalue weighted by atomic mass is 32.1. The third-order valence-electron chi connectivity index (χ3n) is 5.47. The second kappa shape index (κ2) is 12.0.